The molecule has 0 atom stereocenters. The first-order chi connectivity index (χ1) is 15.0. The van der Waals surface area contributed by atoms with Gasteiger partial charge in [0.1, 0.15) is 5.69 Å². The molecular weight excluding hydrogens is 454 g/mol. The van der Waals surface area contributed by atoms with E-state index in [4.69, 9.17) is 5.10 Å². The smallest absolute Gasteiger partial charge is 0.255 e. The number of aryl methyl sites for hydroxylation is 2. The Kier molecular flexibility index (Phi) is 6.32. The maximum atomic E-state index is 13.2. The number of nitrogens with zero attached hydrogens (tertiary/aromatic N) is 4. The van der Waals surface area contributed by atoms with Gasteiger partial charge in [-0.05, 0) is 48.3 Å². The Morgan fingerprint density at radius 1 is 1.00 bits per heavy atom. The van der Waals surface area contributed by atoms with Crippen molar-refractivity contribution in [3.63, 3.8) is 0 Å². The molecule has 0 saturated carbocycles. The van der Waals surface area contributed by atoms with Crippen LogP contribution in [0.2, 0.25) is 0 Å². The Morgan fingerprint density at radius 2 is 1.68 bits per heavy atom. The third kappa shape index (κ3) is 4.61. The van der Waals surface area contributed by atoms with E-state index < -0.39 is 0 Å². The van der Waals surface area contributed by atoms with Gasteiger partial charge in [0, 0.05) is 24.8 Å². The van der Waals surface area contributed by atoms with E-state index in [0.29, 0.717) is 17.8 Å². The average Bonchev–Trinajstić information content (AvgIpc) is 3.31. The van der Waals surface area contributed by atoms with Gasteiger partial charge in [-0.25, -0.2) is 4.68 Å². The highest BCUT2D eigenvalue weighted by molar-refractivity contribution is 9.10. The molecule has 0 aliphatic carbocycles. The largest absolute Gasteiger partial charge is 0.352 e. The van der Waals surface area contributed by atoms with Crippen molar-refractivity contribution >= 4 is 21.8 Å². The standard InChI is InChI=1S/C24H24BrN5O/c1-17-21(25)16-29(27-17)15-9-14-26-24(31)22-18(2)30(20-12-7-4-8-13-20)28-23(22)19-10-5-3-6-11-19/h3-8,10-13,16H,9,14-15H2,1-2H3,(H,26,31). The fourth-order valence-corrected chi connectivity index (χ4v) is 3.85. The van der Waals surface area contributed by atoms with Crippen molar-refractivity contribution in [1.82, 2.24) is 24.9 Å². The molecule has 0 unspecified atom stereocenters. The number of halogens is 1. The number of rotatable bonds is 7. The topological polar surface area (TPSA) is 64.7 Å². The minimum Gasteiger partial charge on any atom is -0.352 e. The van der Waals surface area contributed by atoms with Crippen molar-refractivity contribution in [2.45, 2.75) is 26.8 Å². The van der Waals surface area contributed by atoms with Crippen LogP contribution >= 0.6 is 15.9 Å². The molecule has 0 fully saturated rings. The van der Waals surface area contributed by atoms with E-state index in [0.717, 1.165) is 40.1 Å². The Bertz CT molecular complexity index is 1160. The summed E-state index contributed by atoms with van der Waals surface area (Å²) < 4.78 is 4.72. The Morgan fingerprint density at radius 3 is 2.32 bits per heavy atom. The van der Waals surface area contributed by atoms with Crippen molar-refractivity contribution in [1.29, 1.82) is 0 Å². The van der Waals surface area contributed by atoms with E-state index in [2.05, 4.69) is 26.3 Å². The highest BCUT2D eigenvalue weighted by Crippen LogP contribution is 2.27. The molecule has 0 aliphatic rings. The first-order valence-electron chi connectivity index (χ1n) is 10.2. The number of carbonyl (C=O) groups excluding carboxylic acids is 1. The second kappa shape index (κ2) is 9.31. The van der Waals surface area contributed by atoms with Gasteiger partial charge in [-0.3, -0.25) is 9.48 Å². The molecule has 7 heteroatoms. The van der Waals surface area contributed by atoms with E-state index in [1.165, 1.54) is 0 Å². The molecule has 0 bridgehead atoms. The Balaban J connectivity index is 1.55. The van der Waals surface area contributed by atoms with Crippen LogP contribution in [0.5, 0.6) is 0 Å². The zero-order valence-corrected chi connectivity index (χ0v) is 19.1. The quantitative estimate of drug-likeness (QED) is 0.383. The van der Waals surface area contributed by atoms with Crippen LogP contribution < -0.4 is 5.32 Å². The molecule has 0 aliphatic heterocycles. The van der Waals surface area contributed by atoms with E-state index >= 15 is 0 Å². The molecule has 6 nitrogen and oxygen atoms in total. The molecule has 31 heavy (non-hydrogen) atoms. The molecular formula is C24H24BrN5O. The maximum absolute atomic E-state index is 13.2. The van der Waals surface area contributed by atoms with Crippen LogP contribution in [0.1, 0.15) is 28.2 Å². The lowest BCUT2D eigenvalue weighted by Crippen LogP contribution is -2.26. The average molecular weight is 478 g/mol. The molecule has 1 amide bonds. The molecule has 158 valence electrons. The summed E-state index contributed by atoms with van der Waals surface area (Å²) in [5.74, 6) is -0.114. The highest BCUT2D eigenvalue weighted by Gasteiger charge is 2.22. The summed E-state index contributed by atoms with van der Waals surface area (Å²) in [6.07, 6.45) is 2.74. The van der Waals surface area contributed by atoms with Gasteiger partial charge in [0.25, 0.3) is 5.91 Å². The Labute approximate surface area is 190 Å². The van der Waals surface area contributed by atoms with Crippen LogP contribution in [-0.2, 0) is 6.54 Å². The van der Waals surface area contributed by atoms with Gasteiger partial charge in [-0.2, -0.15) is 10.2 Å². The number of hydrogen-bond donors (Lipinski definition) is 1. The predicted molar refractivity (Wildman–Crippen MR) is 125 cm³/mol. The second-order valence-electron chi connectivity index (χ2n) is 7.36. The summed E-state index contributed by atoms with van der Waals surface area (Å²) in [7, 11) is 0. The minimum atomic E-state index is -0.114. The zero-order chi connectivity index (χ0) is 21.8. The Hall–Kier alpha value is -3.19. The molecule has 2 heterocycles. The summed E-state index contributed by atoms with van der Waals surface area (Å²) in [6, 6.07) is 19.7. The van der Waals surface area contributed by atoms with Gasteiger partial charge < -0.3 is 5.32 Å². The monoisotopic (exact) mass is 477 g/mol. The van der Waals surface area contributed by atoms with Gasteiger partial charge >= 0.3 is 0 Å². The second-order valence-corrected chi connectivity index (χ2v) is 8.21. The van der Waals surface area contributed by atoms with Crippen molar-refractivity contribution in [2.24, 2.45) is 0 Å². The first-order valence-corrected chi connectivity index (χ1v) is 11.0. The normalized spacial score (nSPS) is 10.9. The number of benzene rings is 2. The lowest BCUT2D eigenvalue weighted by molar-refractivity contribution is 0.0952. The maximum Gasteiger partial charge on any atom is 0.255 e. The van der Waals surface area contributed by atoms with E-state index in [-0.39, 0.29) is 5.91 Å². The molecule has 1 N–H and O–H groups in total. The molecule has 0 saturated heterocycles. The summed E-state index contributed by atoms with van der Waals surface area (Å²) in [4.78, 5) is 13.2. The third-order valence-corrected chi connectivity index (χ3v) is 5.91. The summed E-state index contributed by atoms with van der Waals surface area (Å²) in [5, 5.41) is 12.3. The van der Waals surface area contributed by atoms with E-state index in [9.17, 15) is 4.79 Å². The van der Waals surface area contributed by atoms with Gasteiger partial charge in [0.15, 0.2) is 0 Å². The van der Waals surface area contributed by atoms with Gasteiger partial charge in [-0.1, -0.05) is 48.5 Å². The van der Waals surface area contributed by atoms with Crippen LogP contribution in [0.4, 0.5) is 0 Å². The number of aromatic nitrogens is 4. The van der Waals surface area contributed by atoms with E-state index in [1.54, 1.807) is 0 Å². The van der Waals surface area contributed by atoms with Crippen LogP contribution in [0.3, 0.4) is 0 Å². The molecule has 4 aromatic rings. The van der Waals surface area contributed by atoms with Crippen molar-refractivity contribution in [2.75, 3.05) is 6.54 Å². The summed E-state index contributed by atoms with van der Waals surface area (Å²) in [6.45, 7) is 5.19. The number of amides is 1. The third-order valence-electron chi connectivity index (χ3n) is 5.13. The van der Waals surface area contributed by atoms with Crippen LogP contribution in [-0.4, -0.2) is 32.0 Å². The number of nitrogens with one attached hydrogen (secondary N) is 1. The van der Waals surface area contributed by atoms with E-state index in [1.807, 2.05) is 90.1 Å². The number of hydrogen-bond acceptors (Lipinski definition) is 3. The van der Waals surface area contributed by atoms with Crippen LogP contribution in [0, 0.1) is 13.8 Å². The van der Waals surface area contributed by atoms with Gasteiger partial charge in [-0.15, -0.1) is 0 Å². The zero-order valence-electron chi connectivity index (χ0n) is 17.5. The van der Waals surface area contributed by atoms with Crippen molar-refractivity contribution in [3.8, 4) is 16.9 Å². The molecule has 0 spiro atoms. The number of para-hydroxylation sites is 1. The number of carbonyl (C=O) groups is 1. The van der Waals surface area contributed by atoms with Crippen molar-refractivity contribution in [3.05, 3.63) is 88.3 Å². The van der Waals surface area contributed by atoms with Crippen molar-refractivity contribution < 1.29 is 4.79 Å². The molecule has 4 rings (SSSR count). The lowest BCUT2D eigenvalue weighted by Gasteiger charge is -2.08. The fraction of sp³-hybridized carbons (Fsp3) is 0.208. The summed E-state index contributed by atoms with van der Waals surface area (Å²) >= 11 is 3.48. The fourth-order valence-electron chi connectivity index (χ4n) is 3.53. The van der Waals surface area contributed by atoms with Gasteiger partial charge in [0.2, 0.25) is 0 Å². The molecule has 2 aromatic heterocycles. The predicted octanol–water partition coefficient (Wildman–Crippen LogP) is 4.94. The SMILES string of the molecule is Cc1nn(CCCNC(=O)c2c(-c3ccccc3)nn(-c3ccccc3)c2C)cc1Br. The van der Waals surface area contributed by atoms with Gasteiger partial charge in [0.05, 0.1) is 27.1 Å². The van der Waals surface area contributed by atoms with Crippen LogP contribution in [0.15, 0.2) is 71.3 Å². The molecule has 2 aromatic carbocycles. The minimum absolute atomic E-state index is 0.114. The van der Waals surface area contributed by atoms with Crippen LogP contribution in [0.25, 0.3) is 16.9 Å². The first kappa shape index (κ1) is 21.1. The summed E-state index contributed by atoms with van der Waals surface area (Å²) in [5.41, 5.74) is 4.91. The lowest BCUT2D eigenvalue weighted by atomic mass is 10.1. The highest BCUT2D eigenvalue weighted by atomic mass is 79.9. The molecule has 0 radical (unpaired) electrons.